The first-order valence-corrected chi connectivity index (χ1v) is 12.8. The number of anilines is 1. The van der Waals surface area contributed by atoms with Crippen molar-refractivity contribution >= 4 is 23.0 Å². The number of rotatable bonds is 6. The molecule has 4 aromatic rings. The molecule has 0 amide bonds. The highest BCUT2D eigenvalue weighted by Crippen LogP contribution is 2.44. The highest BCUT2D eigenvalue weighted by Gasteiger charge is 2.42. The maximum Gasteiger partial charge on any atom is 0.174 e. The smallest absolute Gasteiger partial charge is 0.174 e. The lowest BCUT2D eigenvalue weighted by molar-refractivity contribution is 0.242. The average molecular weight is 497 g/mol. The lowest BCUT2D eigenvalue weighted by Crippen LogP contribution is -2.29. The Balaban J connectivity index is 1.64. The zero-order chi connectivity index (χ0) is 25.4. The fraction of sp³-hybridized carbons (Fsp3) is 0.267. The second-order valence-electron chi connectivity index (χ2n) is 9.61. The predicted molar refractivity (Wildman–Crippen MR) is 150 cm³/mol. The van der Waals surface area contributed by atoms with Gasteiger partial charge in [0.2, 0.25) is 0 Å². The molecule has 0 unspecified atom stereocenters. The number of aromatic nitrogens is 2. The number of benzene rings is 2. The average Bonchev–Trinajstić information content (AvgIpc) is 3.35. The van der Waals surface area contributed by atoms with Crippen LogP contribution >= 0.6 is 12.2 Å². The molecule has 1 saturated heterocycles. The Bertz CT molecular complexity index is 1380. The maximum atomic E-state index is 5.93. The van der Waals surface area contributed by atoms with Gasteiger partial charge in [-0.1, -0.05) is 24.3 Å². The van der Waals surface area contributed by atoms with E-state index in [1.807, 2.05) is 44.3 Å². The molecule has 5 rings (SSSR count). The normalized spacial score (nSPS) is 17.5. The van der Waals surface area contributed by atoms with Gasteiger partial charge in [0.05, 0.1) is 23.9 Å². The van der Waals surface area contributed by atoms with Gasteiger partial charge in [-0.05, 0) is 106 Å². The summed E-state index contributed by atoms with van der Waals surface area (Å²) in [6.45, 7) is 10.6. The largest absolute Gasteiger partial charge is 0.491 e. The molecule has 1 N–H and O–H groups in total. The Morgan fingerprint density at radius 2 is 1.67 bits per heavy atom. The van der Waals surface area contributed by atoms with E-state index in [2.05, 4.69) is 84.1 Å². The summed E-state index contributed by atoms with van der Waals surface area (Å²) in [4.78, 5) is 6.92. The number of nitrogens with zero attached hydrogens (tertiary/aromatic N) is 3. The fourth-order valence-corrected chi connectivity index (χ4v) is 5.52. The van der Waals surface area contributed by atoms with Gasteiger partial charge in [0.15, 0.2) is 5.11 Å². The van der Waals surface area contributed by atoms with Crippen molar-refractivity contribution in [2.75, 3.05) is 4.90 Å². The van der Waals surface area contributed by atoms with Crippen LogP contribution in [0.2, 0.25) is 0 Å². The molecule has 0 bridgehead atoms. The molecular formula is C30H32N4OS. The number of thiocarbonyl (C=S) groups is 1. The molecule has 3 heterocycles. The molecule has 1 fully saturated rings. The van der Waals surface area contributed by atoms with Gasteiger partial charge in [0, 0.05) is 29.0 Å². The summed E-state index contributed by atoms with van der Waals surface area (Å²) in [6.07, 6.45) is 1.97. The minimum Gasteiger partial charge on any atom is -0.491 e. The van der Waals surface area contributed by atoms with Crippen LogP contribution in [0.4, 0.5) is 5.69 Å². The number of nitrogens with one attached hydrogen (secondary N) is 1. The minimum atomic E-state index is -0.0869. The third-order valence-corrected chi connectivity index (χ3v) is 7.04. The first-order valence-electron chi connectivity index (χ1n) is 12.4. The highest BCUT2D eigenvalue weighted by atomic mass is 32.1. The molecule has 6 heteroatoms. The Hall–Kier alpha value is -3.64. The zero-order valence-electron chi connectivity index (χ0n) is 21.4. The number of pyridine rings is 1. The van der Waals surface area contributed by atoms with Gasteiger partial charge in [-0.15, -0.1) is 0 Å². The van der Waals surface area contributed by atoms with E-state index in [1.54, 1.807) is 0 Å². The Kier molecular flexibility index (Phi) is 6.54. The molecule has 0 radical (unpaired) electrons. The van der Waals surface area contributed by atoms with Gasteiger partial charge in [-0.2, -0.15) is 0 Å². The number of para-hydroxylation sites is 1. The molecule has 2 aromatic carbocycles. The van der Waals surface area contributed by atoms with Gasteiger partial charge in [0.25, 0.3) is 0 Å². The second-order valence-corrected chi connectivity index (χ2v) is 9.99. The van der Waals surface area contributed by atoms with Crippen LogP contribution < -0.4 is 15.0 Å². The van der Waals surface area contributed by atoms with Gasteiger partial charge >= 0.3 is 0 Å². The standard InChI is InChI=1S/C30H32N4OS/c1-19(2)35-24-15-13-23(14-16-24)34-29(28(32-30(34)36)26-11-8-9-17-31-26)25-18-21(4)33(22(25)5)27-12-7-6-10-20(27)3/h6-19,28-29H,1-5H3,(H,32,36)/t28-,29+/m0/s1. The van der Waals surface area contributed by atoms with Crippen molar-refractivity contribution in [2.45, 2.75) is 52.8 Å². The molecule has 5 nitrogen and oxygen atoms in total. The van der Waals surface area contributed by atoms with Crippen molar-refractivity contribution < 1.29 is 4.74 Å². The summed E-state index contributed by atoms with van der Waals surface area (Å²) in [7, 11) is 0. The van der Waals surface area contributed by atoms with Crippen LogP contribution in [0.1, 0.15) is 54.1 Å². The van der Waals surface area contributed by atoms with E-state index < -0.39 is 0 Å². The first kappa shape index (κ1) is 24.1. The maximum absolute atomic E-state index is 5.93. The molecular weight excluding hydrogens is 464 g/mol. The summed E-state index contributed by atoms with van der Waals surface area (Å²) in [5.41, 5.74) is 8.04. The summed E-state index contributed by atoms with van der Waals surface area (Å²) in [5, 5.41) is 4.26. The third-order valence-electron chi connectivity index (χ3n) is 6.73. The quantitative estimate of drug-likeness (QED) is 0.299. The van der Waals surface area contributed by atoms with E-state index >= 15 is 0 Å². The van der Waals surface area contributed by atoms with Gasteiger partial charge in [0.1, 0.15) is 5.75 Å². The molecule has 36 heavy (non-hydrogen) atoms. The lowest BCUT2D eigenvalue weighted by atomic mass is 9.96. The minimum absolute atomic E-state index is 0.0618. The van der Waals surface area contributed by atoms with Crippen LogP contribution in [-0.4, -0.2) is 20.8 Å². The topological polar surface area (TPSA) is 42.3 Å². The molecule has 0 spiro atoms. The van der Waals surface area contributed by atoms with E-state index in [4.69, 9.17) is 21.9 Å². The van der Waals surface area contributed by atoms with Crippen molar-refractivity contribution in [1.29, 1.82) is 0 Å². The van der Waals surface area contributed by atoms with Crippen molar-refractivity contribution in [3.05, 3.63) is 107 Å². The summed E-state index contributed by atoms with van der Waals surface area (Å²) < 4.78 is 8.23. The predicted octanol–water partition coefficient (Wildman–Crippen LogP) is 6.76. The van der Waals surface area contributed by atoms with Crippen molar-refractivity contribution in [3.8, 4) is 11.4 Å². The molecule has 2 atom stereocenters. The number of ether oxygens (including phenoxy) is 1. The Morgan fingerprint density at radius 3 is 2.33 bits per heavy atom. The zero-order valence-corrected chi connectivity index (χ0v) is 22.2. The van der Waals surface area contributed by atoms with E-state index in [1.165, 1.54) is 28.2 Å². The Labute approximate surface area is 218 Å². The summed E-state index contributed by atoms with van der Waals surface area (Å²) in [6, 6.07) is 24.9. The van der Waals surface area contributed by atoms with Crippen LogP contribution in [0.5, 0.6) is 5.75 Å². The van der Waals surface area contributed by atoms with Crippen molar-refractivity contribution in [1.82, 2.24) is 14.9 Å². The van der Waals surface area contributed by atoms with E-state index in [0.29, 0.717) is 5.11 Å². The van der Waals surface area contributed by atoms with Crippen LogP contribution in [0.3, 0.4) is 0 Å². The monoisotopic (exact) mass is 496 g/mol. The van der Waals surface area contributed by atoms with E-state index in [0.717, 1.165) is 17.1 Å². The third kappa shape index (κ3) is 4.37. The Morgan fingerprint density at radius 1 is 0.944 bits per heavy atom. The summed E-state index contributed by atoms with van der Waals surface area (Å²) in [5.74, 6) is 0.849. The molecule has 2 aromatic heterocycles. The molecule has 184 valence electrons. The van der Waals surface area contributed by atoms with Crippen LogP contribution in [-0.2, 0) is 0 Å². The van der Waals surface area contributed by atoms with Crippen molar-refractivity contribution in [3.63, 3.8) is 0 Å². The molecule has 1 aliphatic rings. The first-order chi connectivity index (χ1) is 17.3. The molecule has 0 saturated carbocycles. The molecule has 1 aliphatic heterocycles. The van der Waals surface area contributed by atoms with Crippen LogP contribution in [0.15, 0.2) is 79.0 Å². The van der Waals surface area contributed by atoms with E-state index in [-0.39, 0.29) is 18.2 Å². The summed E-state index contributed by atoms with van der Waals surface area (Å²) >= 11 is 5.93. The number of hydrogen-bond donors (Lipinski definition) is 1. The van der Waals surface area contributed by atoms with Crippen molar-refractivity contribution in [2.24, 2.45) is 0 Å². The SMILES string of the molecule is Cc1ccccc1-n1c(C)cc([C@@H]2[C@H](c3ccccn3)NC(=S)N2c2ccc(OC(C)C)cc2)c1C. The number of hydrogen-bond acceptors (Lipinski definition) is 3. The van der Waals surface area contributed by atoms with Gasteiger partial charge < -0.3 is 19.5 Å². The lowest BCUT2D eigenvalue weighted by Gasteiger charge is -2.28. The van der Waals surface area contributed by atoms with Gasteiger partial charge in [-0.3, -0.25) is 4.98 Å². The molecule has 0 aliphatic carbocycles. The highest BCUT2D eigenvalue weighted by molar-refractivity contribution is 7.80. The van der Waals surface area contributed by atoms with Crippen LogP contribution in [0, 0.1) is 20.8 Å². The van der Waals surface area contributed by atoms with Crippen LogP contribution in [0.25, 0.3) is 5.69 Å². The number of aryl methyl sites for hydroxylation is 2. The van der Waals surface area contributed by atoms with E-state index in [9.17, 15) is 0 Å². The van der Waals surface area contributed by atoms with Gasteiger partial charge in [-0.25, -0.2) is 0 Å². The fourth-order valence-electron chi connectivity index (χ4n) is 5.18. The second kappa shape index (κ2) is 9.78.